The Morgan fingerprint density at radius 1 is 1.40 bits per heavy atom. The molecule has 0 spiro atoms. The summed E-state index contributed by atoms with van der Waals surface area (Å²) in [6, 6.07) is -0.00905. The average molecular weight is 316 g/mol. The van der Waals surface area contributed by atoms with Crippen molar-refractivity contribution in [2.75, 3.05) is 0 Å². The number of sulfonamides is 1. The van der Waals surface area contributed by atoms with Crippen LogP contribution in [0.5, 0.6) is 0 Å². The second-order valence-corrected chi connectivity index (χ2v) is 8.30. The number of hydrogen-bond acceptors (Lipinski definition) is 4. The van der Waals surface area contributed by atoms with Crippen LogP contribution in [0.4, 0.5) is 0 Å². The van der Waals surface area contributed by atoms with Crippen molar-refractivity contribution in [3.05, 3.63) is 15.8 Å². The minimum atomic E-state index is -3.46. The van der Waals surface area contributed by atoms with Crippen LogP contribution in [0.25, 0.3) is 0 Å². The quantitative estimate of drug-likeness (QED) is 0.877. The Labute approximate surface area is 125 Å². The fraction of sp³-hybridized carbons (Fsp3) is 0.714. The SMILES string of the molecule is Cc1csc(CN)c1S(=O)(=O)NC(C)C1CCCCC1. The number of aryl methyl sites for hydroxylation is 1. The van der Waals surface area contributed by atoms with Gasteiger partial charge in [-0.25, -0.2) is 13.1 Å². The van der Waals surface area contributed by atoms with E-state index in [-0.39, 0.29) is 12.6 Å². The molecule has 1 saturated carbocycles. The van der Waals surface area contributed by atoms with Crippen molar-refractivity contribution in [3.63, 3.8) is 0 Å². The van der Waals surface area contributed by atoms with Crippen LogP contribution in [0.2, 0.25) is 0 Å². The summed E-state index contributed by atoms with van der Waals surface area (Å²) < 4.78 is 28.0. The monoisotopic (exact) mass is 316 g/mol. The Morgan fingerprint density at radius 2 is 2.05 bits per heavy atom. The summed E-state index contributed by atoms with van der Waals surface area (Å²) in [5.74, 6) is 0.457. The maximum Gasteiger partial charge on any atom is 0.242 e. The standard InChI is InChI=1S/C14H24N2O2S2/c1-10-9-19-13(8-15)14(10)20(17,18)16-11(2)12-6-4-3-5-7-12/h9,11-12,16H,3-8,15H2,1-2H3. The first-order valence-electron chi connectivity index (χ1n) is 7.25. The van der Waals surface area contributed by atoms with Crippen molar-refractivity contribution in [3.8, 4) is 0 Å². The highest BCUT2D eigenvalue weighted by molar-refractivity contribution is 7.89. The molecule has 1 aliphatic carbocycles. The molecule has 1 aromatic rings. The van der Waals surface area contributed by atoms with E-state index in [9.17, 15) is 8.42 Å². The van der Waals surface area contributed by atoms with Crippen LogP contribution in [-0.2, 0) is 16.6 Å². The van der Waals surface area contributed by atoms with Gasteiger partial charge in [-0.05, 0) is 43.6 Å². The number of nitrogens with two attached hydrogens (primary N) is 1. The van der Waals surface area contributed by atoms with Gasteiger partial charge >= 0.3 is 0 Å². The van der Waals surface area contributed by atoms with Crippen LogP contribution >= 0.6 is 11.3 Å². The molecule has 1 fully saturated rings. The van der Waals surface area contributed by atoms with Crippen molar-refractivity contribution in [2.24, 2.45) is 11.7 Å². The smallest absolute Gasteiger partial charge is 0.242 e. The minimum Gasteiger partial charge on any atom is -0.326 e. The predicted molar refractivity (Wildman–Crippen MR) is 83.3 cm³/mol. The molecule has 0 saturated heterocycles. The molecule has 1 unspecified atom stereocenters. The lowest BCUT2D eigenvalue weighted by atomic mass is 9.85. The minimum absolute atomic E-state index is 0.00905. The van der Waals surface area contributed by atoms with Gasteiger partial charge in [-0.1, -0.05) is 19.3 Å². The summed E-state index contributed by atoms with van der Waals surface area (Å²) in [6.07, 6.45) is 5.94. The molecule has 114 valence electrons. The summed E-state index contributed by atoms with van der Waals surface area (Å²) in [5, 5.41) is 1.86. The summed E-state index contributed by atoms with van der Waals surface area (Å²) in [6.45, 7) is 4.08. The predicted octanol–water partition coefficient (Wildman–Crippen LogP) is 2.76. The van der Waals surface area contributed by atoms with E-state index in [4.69, 9.17) is 5.73 Å². The molecule has 0 aliphatic heterocycles. The molecular formula is C14H24N2O2S2. The van der Waals surface area contributed by atoms with E-state index >= 15 is 0 Å². The van der Waals surface area contributed by atoms with Crippen LogP contribution in [0.3, 0.4) is 0 Å². The maximum atomic E-state index is 12.6. The lowest BCUT2D eigenvalue weighted by Gasteiger charge is -2.28. The molecule has 3 N–H and O–H groups in total. The maximum absolute atomic E-state index is 12.6. The molecule has 4 nitrogen and oxygen atoms in total. The van der Waals surface area contributed by atoms with E-state index in [1.54, 1.807) is 0 Å². The van der Waals surface area contributed by atoms with Gasteiger partial charge in [0.15, 0.2) is 0 Å². The molecule has 0 bridgehead atoms. The molecule has 1 atom stereocenters. The van der Waals surface area contributed by atoms with Crippen LogP contribution in [-0.4, -0.2) is 14.5 Å². The Morgan fingerprint density at radius 3 is 2.65 bits per heavy atom. The molecule has 0 amide bonds. The van der Waals surface area contributed by atoms with Crippen molar-refractivity contribution >= 4 is 21.4 Å². The van der Waals surface area contributed by atoms with Crippen molar-refractivity contribution in [1.29, 1.82) is 0 Å². The van der Waals surface area contributed by atoms with Crippen LogP contribution < -0.4 is 10.5 Å². The van der Waals surface area contributed by atoms with Gasteiger partial charge in [0, 0.05) is 17.5 Å². The number of nitrogens with one attached hydrogen (secondary N) is 1. The van der Waals surface area contributed by atoms with Gasteiger partial charge in [-0.2, -0.15) is 0 Å². The average Bonchev–Trinajstić information content (AvgIpc) is 2.81. The van der Waals surface area contributed by atoms with E-state index in [0.717, 1.165) is 23.3 Å². The van der Waals surface area contributed by atoms with Gasteiger partial charge in [0.1, 0.15) is 4.90 Å². The largest absolute Gasteiger partial charge is 0.326 e. The molecule has 1 heterocycles. The van der Waals surface area contributed by atoms with E-state index in [1.807, 2.05) is 19.2 Å². The Hall–Kier alpha value is -0.430. The highest BCUT2D eigenvalue weighted by Gasteiger charge is 2.28. The molecule has 0 radical (unpaired) electrons. The first kappa shape index (κ1) is 15.9. The number of thiophene rings is 1. The van der Waals surface area contributed by atoms with E-state index in [2.05, 4.69) is 4.72 Å². The summed E-state index contributed by atoms with van der Waals surface area (Å²) in [4.78, 5) is 1.14. The lowest BCUT2D eigenvalue weighted by molar-refractivity contribution is 0.303. The molecule has 20 heavy (non-hydrogen) atoms. The highest BCUT2D eigenvalue weighted by atomic mass is 32.2. The molecule has 0 aromatic carbocycles. The first-order valence-corrected chi connectivity index (χ1v) is 9.61. The van der Waals surface area contributed by atoms with Crippen LogP contribution in [0.15, 0.2) is 10.3 Å². The van der Waals surface area contributed by atoms with Gasteiger partial charge in [-0.3, -0.25) is 0 Å². The van der Waals surface area contributed by atoms with E-state index < -0.39 is 10.0 Å². The second kappa shape index (κ2) is 6.56. The number of rotatable bonds is 5. The van der Waals surface area contributed by atoms with Crippen molar-refractivity contribution < 1.29 is 8.42 Å². The Kier molecular flexibility index (Phi) is 5.23. The molecule has 2 rings (SSSR count). The second-order valence-electron chi connectivity index (χ2n) is 5.68. The Balaban J connectivity index is 2.16. The summed E-state index contributed by atoms with van der Waals surface area (Å²) in [7, 11) is -3.46. The van der Waals surface area contributed by atoms with Gasteiger partial charge in [0.2, 0.25) is 10.0 Å². The van der Waals surface area contributed by atoms with Gasteiger partial charge in [-0.15, -0.1) is 11.3 Å². The fourth-order valence-corrected chi connectivity index (χ4v) is 6.04. The van der Waals surface area contributed by atoms with Crippen molar-refractivity contribution in [1.82, 2.24) is 4.72 Å². The first-order chi connectivity index (χ1) is 9.45. The third kappa shape index (κ3) is 3.42. The fourth-order valence-electron chi connectivity index (χ4n) is 3.02. The zero-order chi connectivity index (χ0) is 14.8. The molecule has 6 heteroatoms. The van der Waals surface area contributed by atoms with Crippen LogP contribution in [0.1, 0.15) is 49.5 Å². The third-order valence-electron chi connectivity index (χ3n) is 4.14. The van der Waals surface area contributed by atoms with E-state index in [0.29, 0.717) is 10.8 Å². The number of hydrogen-bond donors (Lipinski definition) is 2. The third-order valence-corrected chi connectivity index (χ3v) is 7.19. The molecular weight excluding hydrogens is 292 g/mol. The van der Waals surface area contributed by atoms with Gasteiger partial charge < -0.3 is 5.73 Å². The zero-order valence-corrected chi connectivity index (χ0v) is 13.8. The van der Waals surface area contributed by atoms with Crippen LogP contribution in [0, 0.1) is 12.8 Å². The summed E-state index contributed by atoms with van der Waals surface area (Å²) >= 11 is 1.42. The summed E-state index contributed by atoms with van der Waals surface area (Å²) in [5.41, 5.74) is 6.44. The van der Waals surface area contributed by atoms with E-state index in [1.165, 1.54) is 30.6 Å². The normalized spacial score (nSPS) is 19.1. The Bertz CT molecular complexity index is 546. The molecule has 1 aromatic heterocycles. The highest BCUT2D eigenvalue weighted by Crippen LogP contribution is 2.29. The van der Waals surface area contributed by atoms with Gasteiger partial charge in [0.25, 0.3) is 0 Å². The van der Waals surface area contributed by atoms with Crippen molar-refractivity contribution in [2.45, 2.75) is 63.4 Å². The zero-order valence-electron chi connectivity index (χ0n) is 12.2. The lowest BCUT2D eigenvalue weighted by Crippen LogP contribution is -2.39. The topological polar surface area (TPSA) is 72.2 Å². The van der Waals surface area contributed by atoms with Gasteiger partial charge in [0.05, 0.1) is 0 Å². The molecule has 1 aliphatic rings.